The number of likely N-dealkylation sites (N-methyl/N-ethyl adjacent to an activating group) is 1. The highest BCUT2D eigenvalue weighted by Crippen LogP contribution is 2.17. The van der Waals surface area contributed by atoms with Gasteiger partial charge in [-0.25, -0.2) is 0 Å². The monoisotopic (exact) mass is 296 g/mol. The zero-order valence-corrected chi connectivity index (χ0v) is 14.5. The first kappa shape index (κ1) is 18.2. The molecule has 1 N–H and O–H groups in total. The van der Waals surface area contributed by atoms with Gasteiger partial charge in [0, 0.05) is 25.3 Å². The van der Waals surface area contributed by atoms with E-state index in [0.29, 0.717) is 12.0 Å². The highest BCUT2D eigenvalue weighted by atomic mass is 16.5. The van der Waals surface area contributed by atoms with Gasteiger partial charge in [0.1, 0.15) is 11.5 Å². The van der Waals surface area contributed by atoms with E-state index in [1.807, 2.05) is 6.92 Å². The number of nitrogens with zero attached hydrogens (tertiary/aromatic N) is 1. The maximum Gasteiger partial charge on any atom is 0.118 e. The van der Waals surface area contributed by atoms with Crippen LogP contribution in [0.2, 0.25) is 0 Å². The van der Waals surface area contributed by atoms with Crippen molar-refractivity contribution in [2.75, 3.05) is 26.8 Å². The molecule has 1 unspecified atom stereocenters. The molecule has 1 rings (SSSR count). The molecule has 0 spiro atoms. The lowest BCUT2D eigenvalue weighted by molar-refractivity contribution is 0.0934. The molecule has 0 fully saturated rings. The summed E-state index contributed by atoms with van der Waals surface area (Å²) in [5, 5.41) is 3.47. The van der Waals surface area contributed by atoms with Crippen LogP contribution in [0.15, 0.2) is 10.5 Å². The van der Waals surface area contributed by atoms with E-state index in [2.05, 4.69) is 44.0 Å². The number of hydrogen-bond donors (Lipinski definition) is 1. The van der Waals surface area contributed by atoms with Crippen molar-refractivity contribution >= 4 is 0 Å². The smallest absolute Gasteiger partial charge is 0.118 e. The number of rotatable bonds is 10. The van der Waals surface area contributed by atoms with Crippen LogP contribution in [-0.4, -0.2) is 37.7 Å². The molecule has 1 aromatic heterocycles. The fourth-order valence-electron chi connectivity index (χ4n) is 2.46. The highest BCUT2D eigenvalue weighted by Gasteiger charge is 2.15. The van der Waals surface area contributed by atoms with Crippen LogP contribution in [0.1, 0.15) is 44.8 Å². The van der Waals surface area contributed by atoms with Gasteiger partial charge in [0.15, 0.2) is 0 Å². The molecule has 4 nitrogen and oxygen atoms in total. The summed E-state index contributed by atoms with van der Waals surface area (Å²) in [6, 6.07) is 2.58. The van der Waals surface area contributed by atoms with Crippen LogP contribution in [0.5, 0.6) is 0 Å². The summed E-state index contributed by atoms with van der Waals surface area (Å²) in [6.45, 7) is 15.3. The molecule has 122 valence electrons. The summed E-state index contributed by atoms with van der Waals surface area (Å²) in [5.74, 6) is 2.73. The standard InChI is InChI=1S/C17H32N2O2/c1-7-19(14(4)12-20-6)11-17-8-16(15(5)21-17)10-18-9-13(2)3/h8,13-14,18H,7,9-12H2,1-6H3. The van der Waals surface area contributed by atoms with Gasteiger partial charge in [0.05, 0.1) is 13.2 Å². The zero-order valence-electron chi connectivity index (χ0n) is 14.5. The number of ether oxygens (including phenoxy) is 1. The largest absolute Gasteiger partial charge is 0.465 e. The third-order valence-corrected chi connectivity index (χ3v) is 3.74. The molecule has 0 aliphatic rings. The molecule has 1 atom stereocenters. The number of nitrogens with one attached hydrogen (secondary N) is 1. The van der Waals surface area contributed by atoms with E-state index in [9.17, 15) is 0 Å². The van der Waals surface area contributed by atoms with E-state index >= 15 is 0 Å². The minimum atomic E-state index is 0.396. The number of furan rings is 1. The average molecular weight is 296 g/mol. The van der Waals surface area contributed by atoms with Gasteiger partial charge in [0.2, 0.25) is 0 Å². The van der Waals surface area contributed by atoms with Crippen LogP contribution < -0.4 is 5.32 Å². The molecule has 21 heavy (non-hydrogen) atoms. The molecule has 1 heterocycles. The molecule has 4 heteroatoms. The van der Waals surface area contributed by atoms with Crippen molar-refractivity contribution in [3.63, 3.8) is 0 Å². The van der Waals surface area contributed by atoms with Crippen LogP contribution in [0.3, 0.4) is 0 Å². The van der Waals surface area contributed by atoms with Gasteiger partial charge in [-0.1, -0.05) is 20.8 Å². The summed E-state index contributed by atoms with van der Waals surface area (Å²) in [4.78, 5) is 2.37. The van der Waals surface area contributed by atoms with Crippen LogP contribution in [0.4, 0.5) is 0 Å². The third-order valence-electron chi connectivity index (χ3n) is 3.74. The average Bonchev–Trinajstić information content (AvgIpc) is 2.76. The molecule has 0 aromatic carbocycles. The van der Waals surface area contributed by atoms with Crippen molar-refractivity contribution < 1.29 is 9.15 Å². The Bertz CT molecular complexity index is 401. The maximum atomic E-state index is 5.91. The Kier molecular flexibility index (Phi) is 8.01. The molecule has 0 aliphatic carbocycles. The van der Waals surface area contributed by atoms with Crippen LogP contribution in [-0.2, 0) is 17.8 Å². The maximum absolute atomic E-state index is 5.91. The van der Waals surface area contributed by atoms with E-state index in [1.165, 1.54) is 5.56 Å². The highest BCUT2D eigenvalue weighted by molar-refractivity contribution is 5.20. The predicted octanol–water partition coefficient (Wildman–Crippen LogP) is 3.19. The van der Waals surface area contributed by atoms with Gasteiger partial charge < -0.3 is 14.5 Å². The van der Waals surface area contributed by atoms with Gasteiger partial charge in [-0.2, -0.15) is 0 Å². The Morgan fingerprint density at radius 2 is 2.05 bits per heavy atom. The quantitative estimate of drug-likeness (QED) is 0.719. The van der Waals surface area contributed by atoms with E-state index in [1.54, 1.807) is 7.11 Å². The molecule has 0 amide bonds. The summed E-state index contributed by atoms with van der Waals surface area (Å²) >= 11 is 0. The number of aryl methyl sites for hydroxylation is 1. The molecular weight excluding hydrogens is 264 g/mol. The normalized spacial score (nSPS) is 13.3. The van der Waals surface area contributed by atoms with Crippen molar-refractivity contribution in [2.45, 2.75) is 53.8 Å². The molecule has 0 bridgehead atoms. The van der Waals surface area contributed by atoms with Crippen molar-refractivity contribution in [1.82, 2.24) is 10.2 Å². The second-order valence-electron chi connectivity index (χ2n) is 6.19. The number of methoxy groups -OCH3 is 1. The number of hydrogen-bond acceptors (Lipinski definition) is 4. The van der Waals surface area contributed by atoms with Crippen LogP contribution in [0, 0.1) is 12.8 Å². The van der Waals surface area contributed by atoms with Crippen molar-refractivity contribution in [3.05, 3.63) is 23.2 Å². The third kappa shape index (κ3) is 6.20. The molecule has 0 saturated heterocycles. The lowest BCUT2D eigenvalue weighted by atomic mass is 10.2. The lowest BCUT2D eigenvalue weighted by Crippen LogP contribution is -2.35. The Hall–Kier alpha value is -0.840. The van der Waals surface area contributed by atoms with Crippen molar-refractivity contribution in [2.24, 2.45) is 5.92 Å². The van der Waals surface area contributed by atoms with E-state index in [4.69, 9.17) is 9.15 Å². The Morgan fingerprint density at radius 1 is 1.33 bits per heavy atom. The second-order valence-corrected chi connectivity index (χ2v) is 6.19. The summed E-state index contributed by atoms with van der Waals surface area (Å²) in [6.07, 6.45) is 0. The molecular formula is C17H32N2O2. The minimum absolute atomic E-state index is 0.396. The zero-order chi connectivity index (χ0) is 15.8. The van der Waals surface area contributed by atoms with Gasteiger partial charge in [-0.3, -0.25) is 4.90 Å². The Balaban J connectivity index is 2.59. The fraction of sp³-hybridized carbons (Fsp3) is 0.765. The van der Waals surface area contributed by atoms with Gasteiger partial charge in [-0.05, 0) is 38.9 Å². The summed E-state index contributed by atoms with van der Waals surface area (Å²) < 4.78 is 11.2. The molecule has 0 aliphatic heterocycles. The second kappa shape index (κ2) is 9.23. The van der Waals surface area contributed by atoms with Crippen molar-refractivity contribution in [3.8, 4) is 0 Å². The van der Waals surface area contributed by atoms with E-state index in [-0.39, 0.29) is 0 Å². The first-order valence-corrected chi connectivity index (χ1v) is 7.99. The molecule has 1 aromatic rings. The molecule has 0 radical (unpaired) electrons. The first-order valence-electron chi connectivity index (χ1n) is 7.99. The lowest BCUT2D eigenvalue weighted by Gasteiger charge is -2.26. The van der Waals surface area contributed by atoms with Gasteiger partial charge in [0.25, 0.3) is 0 Å². The fourth-order valence-corrected chi connectivity index (χ4v) is 2.46. The Morgan fingerprint density at radius 3 is 2.62 bits per heavy atom. The topological polar surface area (TPSA) is 37.6 Å². The van der Waals surface area contributed by atoms with Crippen molar-refractivity contribution in [1.29, 1.82) is 0 Å². The van der Waals surface area contributed by atoms with Crippen LogP contribution >= 0.6 is 0 Å². The Labute approximate surface area is 129 Å². The SMILES string of the molecule is CCN(Cc1cc(CNCC(C)C)c(C)o1)C(C)COC. The van der Waals surface area contributed by atoms with Gasteiger partial charge in [-0.15, -0.1) is 0 Å². The summed E-state index contributed by atoms with van der Waals surface area (Å²) in [7, 11) is 1.75. The van der Waals surface area contributed by atoms with E-state index < -0.39 is 0 Å². The molecule has 0 saturated carbocycles. The van der Waals surface area contributed by atoms with E-state index in [0.717, 1.165) is 44.3 Å². The minimum Gasteiger partial charge on any atom is -0.465 e. The first-order chi connectivity index (χ1) is 9.97. The predicted molar refractivity (Wildman–Crippen MR) is 87.4 cm³/mol. The summed E-state index contributed by atoms with van der Waals surface area (Å²) in [5.41, 5.74) is 1.26. The van der Waals surface area contributed by atoms with Gasteiger partial charge >= 0.3 is 0 Å². The van der Waals surface area contributed by atoms with Crippen LogP contribution in [0.25, 0.3) is 0 Å².